The summed E-state index contributed by atoms with van der Waals surface area (Å²) in [6, 6.07) is 7.10. The maximum absolute atomic E-state index is 12.6. The van der Waals surface area contributed by atoms with Crippen molar-refractivity contribution in [2.45, 2.75) is 6.92 Å². The Morgan fingerprint density at radius 1 is 1.31 bits per heavy atom. The summed E-state index contributed by atoms with van der Waals surface area (Å²) in [6.45, 7) is 4.39. The van der Waals surface area contributed by atoms with E-state index in [1.165, 1.54) is 17.7 Å². The van der Waals surface area contributed by atoms with E-state index in [0.29, 0.717) is 53.7 Å². The van der Waals surface area contributed by atoms with Gasteiger partial charge in [-0.2, -0.15) is 0 Å². The van der Waals surface area contributed by atoms with Gasteiger partial charge in [-0.05, 0) is 18.6 Å². The molecule has 0 atom stereocenters. The fraction of sp³-hybridized carbons (Fsp3) is 0.250. The molecule has 4 N–H and O–H groups in total. The van der Waals surface area contributed by atoms with Gasteiger partial charge in [0, 0.05) is 37.6 Å². The maximum Gasteiger partial charge on any atom is 0.317 e. The predicted molar refractivity (Wildman–Crippen MR) is 125 cm³/mol. The average molecular weight is 473 g/mol. The highest BCUT2D eigenvalue weighted by atomic mass is 35.5. The second-order valence-electron chi connectivity index (χ2n) is 6.98. The van der Waals surface area contributed by atoms with E-state index in [2.05, 4.69) is 36.2 Å². The summed E-state index contributed by atoms with van der Waals surface area (Å²) in [5, 5.41) is 14.5. The summed E-state index contributed by atoms with van der Waals surface area (Å²) in [4.78, 5) is 38.6. The van der Waals surface area contributed by atoms with Gasteiger partial charge in [0.2, 0.25) is 0 Å². The van der Waals surface area contributed by atoms with Crippen molar-refractivity contribution in [3.8, 4) is 0 Å². The number of carbonyl (C=O) groups is 2. The third-order valence-electron chi connectivity index (χ3n) is 4.73. The molecule has 0 radical (unpaired) electrons. The second kappa shape index (κ2) is 9.79. The van der Waals surface area contributed by atoms with Crippen LogP contribution in [0, 0.1) is 6.92 Å². The van der Waals surface area contributed by atoms with Crippen molar-refractivity contribution in [1.29, 1.82) is 0 Å². The largest absolute Gasteiger partial charge is 0.368 e. The number of aromatic nitrogens is 3. The SMILES string of the molecule is Cc1cccc(Cl)c1NC(=O)c1csc(Nc2cc(NCCN3CCNC3=O)ncn2)n1. The minimum atomic E-state index is -0.346. The Bertz CT molecular complexity index is 1120. The van der Waals surface area contributed by atoms with Gasteiger partial charge in [0.1, 0.15) is 23.7 Å². The summed E-state index contributed by atoms with van der Waals surface area (Å²) < 4.78 is 0. The lowest BCUT2D eigenvalue weighted by atomic mass is 10.2. The van der Waals surface area contributed by atoms with E-state index in [1.54, 1.807) is 22.4 Å². The minimum absolute atomic E-state index is 0.0508. The van der Waals surface area contributed by atoms with Gasteiger partial charge in [0.25, 0.3) is 5.91 Å². The summed E-state index contributed by atoms with van der Waals surface area (Å²) in [7, 11) is 0. The van der Waals surface area contributed by atoms with Crippen LogP contribution in [0.5, 0.6) is 0 Å². The smallest absolute Gasteiger partial charge is 0.317 e. The zero-order chi connectivity index (χ0) is 22.5. The molecule has 3 heterocycles. The van der Waals surface area contributed by atoms with Crippen LogP contribution in [-0.2, 0) is 0 Å². The van der Waals surface area contributed by atoms with Crippen LogP contribution in [0.3, 0.4) is 0 Å². The quantitative estimate of drug-likeness (QED) is 0.396. The van der Waals surface area contributed by atoms with Crippen molar-refractivity contribution in [2.24, 2.45) is 0 Å². The van der Waals surface area contributed by atoms with Crippen molar-refractivity contribution < 1.29 is 9.59 Å². The maximum atomic E-state index is 12.6. The van der Waals surface area contributed by atoms with Crippen LogP contribution < -0.4 is 21.3 Å². The van der Waals surface area contributed by atoms with Crippen molar-refractivity contribution in [3.63, 3.8) is 0 Å². The predicted octanol–water partition coefficient (Wildman–Crippen LogP) is 3.33. The number of para-hydroxylation sites is 1. The van der Waals surface area contributed by atoms with Crippen LogP contribution in [-0.4, -0.2) is 58.0 Å². The Hall–Kier alpha value is -3.44. The van der Waals surface area contributed by atoms with Gasteiger partial charge in [0.15, 0.2) is 5.13 Å². The normalized spacial score (nSPS) is 13.1. The van der Waals surface area contributed by atoms with Gasteiger partial charge in [-0.25, -0.2) is 19.7 Å². The number of thiazole rings is 1. The van der Waals surface area contributed by atoms with E-state index >= 15 is 0 Å². The summed E-state index contributed by atoms with van der Waals surface area (Å²) in [6.07, 6.45) is 1.43. The van der Waals surface area contributed by atoms with E-state index in [-0.39, 0.29) is 17.6 Å². The Morgan fingerprint density at radius 3 is 2.94 bits per heavy atom. The first-order valence-electron chi connectivity index (χ1n) is 9.87. The molecule has 1 aliphatic heterocycles. The zero-order valence-electron chi connectivity index (χ0n) is 17.2. The highest BCUT2D eigenvalue weighted by Gasteiger charge is 2.18. The number of nitrogens with one attached hydrogen (secondary N) is 4. The van der Waals surface area contributed by atoms with Crippen LogP contribution in [0.25, 0.3) is 0 Å². The average Bonchev–Trinajstić information content (AvgIpc) is 3.40. The first-order chi connectivity index (χ1) is 15.5. The van der Waals surface area contributed by atoms with Gasteiger partial charge in [0.05, 0.1) is 10.7 Å². The van der Waals surface area contributed by atoms with Crippen molar-refractivity contribution in [1.82, 2.24) is 25.2 Å². The molecular formula is C20H21ClN8O2S. The van der Waals surface area contributed by atoms with Gasteiger partial charge in [-0.15, -0.1) is 11.3 Å². The highest BCUT2D eigenvalue weighted by molar-refractivity contribution is 7.14. The minimum Gasteiger partial charge on any atom is -0.368 e. The van der Waals surface area contributed by atoms with Crippen molar-refractivity contribution in [2.75, 3.05) is 42.1 Å². The fourth-order valence-corrected chi connectivity index (χ4v) is 4.05. The molecule has 0 unspecified atom stereocenters. The van der Waals surface area contributed by atoms with Gasteiger partial charge >= 0.3 is 6.03 Å². The summed E-state index contributed by atoms with van der Waals surface area (Å²) in [5.74, 6) is 0.803. The van der Waals surface area contributed by atoms with E-state index in [1.807, 2.05) is 19.1 Å². The molecule has 4 rings (SSSR count). The van der Waals surface area contributed by atoms with Crippen molar-refractivity contribution in [3.05, 3.63) is 52.3 Å². The number of carbonyl (C=O) groups excluding carboxylic acids is 2. The lowest BCUT2D eigenvalue weighted by Gasteiger charge is -2.14. The number of nitrogens with zero attached hydrogens (tertiary/aromatic N) is 4. The molecule has 2 aromatic heterocycles. The molecule has 166 valence electrons. The molecular weight excluding hydrogens is 452 g/mol. The number of rotatable bonds is 8. The molecule has 0 saturated carbocycles. The second-order valence-corrected chi connectivity index (χ2v) is 8.25. The van der Waals surface area contributed by atoms with E-state index in [4.69, 9.17) is 11.6 Å². The Balaban J connectivity index is 1.34. The van der Waals surface area contributed by atoms with E-state index in [9.17, 15) is 9.59 Å². The molecule has 3 aromatic rings. The lowest BCUT2D eigenvalue weighted by molar-refractivity contribution is 0.102. The lowest BCUT2D eigenvalue weighted by Crippen LogP contribution is -2.32. The molecule has 1 aromatic carbocycles. The van der Waals surface area contributed by atoms with Crippen LogP contribution in [0.2, 0.25) is 5.02 Å². The third kappa shape index (κ3) is 5.24. The molecule has 12 heteroatoms. The molecule has 0 bridgehead atoms. The third-order valence-corrected chi connectivity index (χ3v) is 5.81. The number of benzene rings is 1. The molecule has 1 aliphatic rings. The highest BCUT2D eigenvalue weighted by Crippen LogP contribution is 2.27. The number of amides is 3. The van der Waals surface area contributed by atoms with E-state index in [0.717, 1.165) is 5.56 Å². The first kappa shape index (κ1) is 21.8. The standard InChI is InChI=1S/C20H21ClN8O2S/c1-12-3-2-4-13(21)17(12)28-18(30)14-10-32-19(26-14)27-16-9-15(24-11-25-16)22-5-7-29-8-6-23-20(29)31/h2-4,9-11H,5-8H2,1H3,(H,23,31)(H,28,30)(H2,22,24,25,26,27). The Kier molecular flexibility index (Phi) is 6.66. The first-order valence-corrected chi connectivity index (χ1v) is 11.1. The number of hydrogen-bond acceptors (Lipinski definition) is 8. The number of anilines is 4. The topological polar surface area (TPSA) is 124 Å². The number of aryl methyl sites for hydroxylation is 1. The molecule has 32 heavy (non-hydrogen) atoms. The Labute approximate surface area is 193 Å². The molecule has 1 saturated heterocycles. The Morgan fingerprint density at radius 2 is 2.16 bits per heavy atom. The molecule has 1 fully saturated rings. The monoisotopic (exact) mass is 472 g/mol. The van der Waals surface area contributed by atoms with Crippen molar-refractivity contribution >= 4 is 57.3 Å². The van der Waals surface area contributed by atoms with Gasteiger partial charge in [-0.3, -0.25) is 4.79 Å². The number of urea groups is 1. The number of hydrogen-bond donors (Lipinski definition) is 4. The van der Waals surface area contributed by atoms with Gasteiger partial charge < -0.3 is 26.2 Å². The molecule has 10 nitrogen and oxygen atoms in total. The van der Waals surface area contributed by atoms with E-state index < -0.39 is 0 Å². The fourth-order valence-electron chi connectivity index (χ4n) is 3.08. The summed E-state index contributed by atoms with van der Waals surface area (Å²) in [5.41, 5.74) is 1.71. The molecule has 3 amide bonds. The summed E-state index contributed by atoms with van der Waals surface area (Å²) >= 11 is 7.47. The van der Waals surface area contributed by atoms with Crippen LogP contribution >= 0.6 is 22.9 Å². The van der Waals surface area contributed by atoms with Crippen LogP contribution in [0.1, 0.15) is 16.1 Å². The number of halogens is 1. The zero-order valence-corrected chi connectivity index (χ0v) is 18.8. The van der Waals surface area contributed by atoms with Crippen LogP contribution in [0.15, 0.2) is 36.0 Å². The van der Waals surface area contributed by atoms with Crippen LogP contribution in [0.4, 0.5) is 27.2 Å². The van der Waals surface area contributed by atoms with Gasteiger partial charge in [-0.1, -0.05) is 23.7 Å². The molecule has 0 spiro atoms. The molecule has 0 aliphatic carbocycles.